The average Bonchev–Trinajstić information content (AvgIpc) is 3.03. The van der Waals surface area contributed by atoms with Crippen LogP contribution in [0.15, 0.2) is 12.2 Å². The molecular weight excluding hydrogens is 198 g/mol. The fourth-order valence-electron chi connectivity index (χ4n) is 3.92. The normalized spacial score (nSPS) is 39.7. The highest BCUT2D eigenvalue weighted by Crippen LogP contribution is 2.43. The summed E-state index contributed by atoms with van der Waals surface area (Å²) in [7, 11) is 0. The molecule has 3 aliphatic rings. The summed E-state index contributed by atoms with van der Waals surface area (Å²) in [6.45, 7) is 1.44. The molecule has 0 aliphatic heterocycles. The monoisotopic (exact) mass is 221 g/mol. The lowest BCUT2D eigenvalue weighted by atomic mass is 9.91. The van der Waals surface area contributed by atoms with Crippen molar-refractivity contribution < 1.29 is 5.11 Å². The van der Waals surface area contributed by atoms with Crippen LogP contribution in [0.5, 0.6) is 0 Å². The number of nitrogens with one attached hydrogen (secondary N) is 1. The third-order valence-corrected chi connectivity index (χ3v) is 5.02. The maximum atomic E-state index is 9.55. The van der Waals surface area contributed by atoms with Gasteiger partial charge in [-0.1, -0.05) is 25.0 Å². The Morgan fingerprint density at radius 3 is 2.56 bits per heavy atom. The van der Waals surface area contributed by atoms with Crippen molar-refractivity contribution in [2.24, 2.45) is 17.8 Å². The van der Waals surface area contributed by atoms with E-state index in [1.165, 1.54) is 38.5 Å². The van der Waals surface area contributed by atoms with Gasteiger partial charge in [0.25, 0.3) is 0 Å². The Labute approximate surface area is 98.1 Å². The van der Waals surface area contributed by atoms with Crippen molar-refractivity contribution in [3.8, 4) is 0 Å². The van der Waals surface area contributed by atoms with Gasteiger partial charge in [0.2, 0.25) is 0 Å². The molecular formula is C14H23NO. The van der Waals surface area contributed by atoms with Crippen molar-refractivity contribution in [2.75, 3.05) is 13.2 Å². The third kappa shape index (κ3) is 1.82. The lowest BCUT2D eigenvalue weighted by Crippen LogP contribution is -2.48. The zero-order valence-electron chi connectivity index (χ0n) is 9.99. The average molecular weight is 221 g/mol. The van der Waals surface area contributed by atoms with Gasteiger partial charge in [0.1, 0.15) is 0 Å². The number of aliphatic hydroxyl groups is 1. The molecule has 90 valence electrons. The van der Waals surface area contributed by atoms with Gasteiger partial charge < -0.3 is 10.4 Å². The number of hydrogen-bond acceptors (Lipinski definition) is 2. The van der Waals surface area contributed by atoms with Gasteiger partial charge in [-0.2, -0.15) is 0 Å². The highest BCUT2D eigenvalue weighted by molar-refractivity contribution is 5.10. The van der Waals surface area contributed by atoms with Gasteiger partial charge in [0.05, 0.1) is 6.61 Å². The predicted octanol–water partition coefficient (Wildman–Crippen LogP) is 2.09. The van der Waals surface area contributed by atoms with Crippen molar-refractivity contribution in [1.82, 2.24) is 5.32 Å². The first-order valence-corrected chi connectivity index (χ1v) is 6.86. The first kappa shape index (κ1) is 10.8. The quantitative estimate of drug-likeness (QED) is 0.713. The minimum atomic E-state index is 0.0749. The second-order valence-electron chi connectivity index (χ2n) is 6.07. The summed E-state index contributed by atoms with van der Waals surface area (Å²) in [5.41, 5.74) is 0.0749. The fraction of sp³-hybridized carbons (Fsp3) is 0.857. The molecule has 16 heavy (non-hydrogen) atoms. The molecule has 2 saturated carbocycles. The summed E-state index contributed by atoms with van der Waals surface area (Å²) in [4.78, 5) is 0. The van der Waals surface area contributed by atoms with E-state index in [1.54, 1.807) is 0 Å². The van der Waals surface area contributed by atoms with Gasteiger partial charge in [-0.15, -0.1) is 0 Å². The molecule has 3 rings (SSSR count). The van der Waals surface area contributed by atoms with Crippen LogP contribution in [0, 0.1) is 17.8 Å². The minimum Gasteiger partial charge on any atom is -0.394 e. The standard InChI is InChI=1S/C14H23NO/c16-10-14(5-1-2-6-14)15-9-13-8-11-3-4-12(13)7-11/h3-4,11-13,15-16H,1-2,5-10H2. The molecule has 0 heterocycles. The van der Waals surface area contributed by atoms with E-state index >= 15 is 0 Å². The van der Waals surface area contributed by atoms with E-state index in [4.69, 9.17) is 0 Å². The Morgan fingerprint density at radius 1 is 1.19 bits per heavy atom. The lowest BCUT2D eigenvalue weighted by molar-refractivity contribution is 0.156. The molecule has 2 nitrogen and oxygen atoms in total. The van der Waals surface area contributed by atoms with Crippen LogP contribution in [0.25, 0.3) is 0 Å². The first-order chi connectivity index (χ1) is 7.81. The van der Waals surface area contributed by atoms with E-state index in [1.807, 2.05) is 0 Å². The van der Waals surface area contributed by atoms with Crippen LogP contribution < -0.4 is 5.32 Å². The van der Waals surface area contributed by atoms with Crippen molar-refractivity contribution in [3.63, 3.8) is 0 Å². The summed E-state index contributed by atoms with van der Waals surface area (Å²) in [6, 6.07) is 0. The molecule has 2 N–H and O–H groups in total. The summed E-state index contributed by atoms with van der Waals surface area (Å²) in [5, 5.41) is 13.2. The Bertz CT molecular complexity index is 280. The maximum absolute atomic E-state index is 9.55. The first-order valence-electron chi connectivity index (χ1n) is 6.86. The number of rotatable bonds is 4. The molecule has 0 spiro atoms. The molecule has 3 atom stereocenters. The zero-order valence-corrected chi connectivity index (χ0v) is 9.99. The minimum absolute atomic E-state index is 0.0749. The molecule has 0 amide bonds. The molecule has 0 radical (unpaired) electrons. The van der Waals surface area contributed by atoms with Gasteiger partial charge in [0, 0.05) is 5.54 Å². The van der Waals surface area contributed by atoms with Crippen LogP contribution in [0.3, 0.4) is 0 Å². The van der Waals surface area contributed by atoms with Gasteiger partial charge in [0.15, 0.2) is 0 Å². The Balaban J connectivity index is 1.54. The number of hydrogen-bond donors (Lipinski definition) is 2. The Hall–Kier alpha value is -0.340. The Kier molecular flexibility index (Phi) is 2.80. The van der Waals surface area contributed by atoms with Crippen LogP contribution in [0.1, 0.15) is 38.5 Å². The number of allylic oxidation sites excluding steroid dienone is 2. The van der Waals surface area contributed by atoms with E-state index < -0.39 is 0 Å². The van der Waals surface area contributed by atoms with Crippen LogP contribution in [0.4, 0.5) is 0 Å². The predicted molar refractivity (Wildman–Crippen MR) is 65.1 cm³/mol. The van der Waals surface area contributed by atoms with E-state index in [2.05, 4.69) is 17.5 Å². The molecule has 3 unspecified atom stereocenters. The summed E-state index contributed by atoms with van der Waals surface area (Å²) < 4.78 is 0. The second-order valence-corrected chi connectivity index (χ2v) is 6.07. The lowest BCUT2D eigenvalue weighted by Gasteiger charge is -2.31. The van der Waals surface area contributed by atoms with E-state index in [0.717, 1.165) is 24.3 Å². The van der Waals surface area contributed by atoms with Crippen molar-refractivity contribution in [1.29, 1.82) is 0 Å². The number of fused-ring (bicyclic) bond motifs is 2. The van der Waals surface area contributed by atoms with Crippen molar-refractivity contribution in [3.05, 3.63) is 12.2 Å². The molecule has 0 aromatic carbocycles. The van der Waals surface area contributed by atoms with Crippen molar-refractivity contribution in [2.45, 2.75) is 44.1 Å². The fourth-order valence-corrected chi connectivity index (χ4v) is 3.92. The third-order valence-electron chi connectivity index (χ3n) is 5.02. The van der Waals surface area contributed by atoms with Gasteiger partial charge >= 0.3 is 0 Å². The molecule has 0 aromatic heterocycles. The van der Waals surface area contributed by atoms with Crippen LogP contribution >= 0.6 is 0 Å². The van der Waals surface area contributed by atoms with E-state index in [9.17, 15) is 5.11 Å². The zero-order chi connectivity index (χ0) is 11.0. The van der Waals surface area contributed by atoms with Crippen LogP contribution in [-0.4, -0.2) is 23.8 Å². The molecule has 2 fully saturated rings. The summed E-state index contributed by atoms with van der Waals surface area (Å²) in [6.07, 6.45) is 12.5. The Morgan fingerprint density at radius 2 is 2.00 bits per heavy atom. The highest BCUT2D eigenvalue weighted by atomic mass is 16.3. The highest BCUT2D eigenvalue weighted by Gasteiger charge is 2.38. The van der Waals surface area contributed by atoms with Crippen LogP contribution in [-0.2, 0) is 0 Å². The van der Waals surface area contributed by atoms with E-state index in [0.29, 0.717) is 6.61 Å². The van der Waals surface area contributed by atoms with Gasteiger partial charge in [-0.3, -0.25) is 0 Å². The second kappa shape index (κ2) is 4.15. The summed E-state index contributed by atoms with van der Waals surface area (Å²) in [5.74, 6) is 2.53. The van der Waals surface area contributed by atoms with Crippen molar-refractivity contribution >= 4 is 0 Å². The van der Waals surface area contributed by atoms with E-state index in [-0.39, 0.29) is 5.54 Å². The molecule has 2 bridgehead atoms. The smallest absolute Gasteiger partial charge is 0.0613 e. The molecule has 0 saturated heterocycles. The molecule has 0 aromatic rings. The molecule has 3 aliphatic carbocycles. The number of aliphatic hydroxyl groups excluding tert-OH is 1. The van der Waals surface area contributed by atoms with Gasteiger partial charge in [-0.25, -0.2) is 0 Å². The largest absolute Gasteiger partial charge is 0.394 e. The molecule has 2 heteroatoms. The summed E-state index contributed by atoms with van der Waals surface area (Å²) >= 11 is 0. The SMILES string of the molecule is OCC1(NCC2CC3C=CC2C3)CCCC1. The van der Waals surface area contributed by atoms with Gasteiger partial charge in [-0.05, 0) is 50.0 Å². The van der Waals surface area contributed by atoms with Crippen LogP contribution in [0.2, 0.25) is 0 Å². The maximum Gasteiger partial charge on any atom is 0.0613 e. The topological polar surface area (TPSA) is 32.3 Å².